The minimum Gasteiger partial charge on any atom is -0.422 e. The highest BCUT2D eigenvalue weighted by molar-refractivity contribution is 7.80. The summed E-state index contributed by atoms with van der Waals surface area (Å²) in [6.07, 6.45) is 1.16. The van der Waals surface area contributed by atoms with Crippen LogP contribution < -0.4 is 22.0 Å². The molecule has 0 saturated carbocycles. The van der Waals surface area contributed by atoms with E-state index in [1.165, 1.54) is 0 Å². The quantitative estimate of drug-likeness (QED) is 0.242. The Bertz CT molecular complexity index is 452. The highest BCUT2D eigenvalue weighted by Crippen LogP contribution is 2.04. The van der Waals surface area contributed by atoms with Crippen molar-refractivity contribution in [2.24, 2.45) is 5.73 Å². The number of hydrogen-bond donors (Lipinski definition) is 4. The van der Waals surface area contributed by atoms with Gasteiger partial charge in [0, 0.05) is 5.69 Å². The Kier molecular flexibility index (Phi) is 5.31. The Morgan fingerprint density at radius 3 is 2.61 bits per heavy atom. The first-order valence-electron chi connectivity index (χ1n) is 4.95. The zero-order valence-electron chi connectivity index (χ0n) is 9.42. The van der Waals surface area contributed by atoms with Gasteiger partial charge < -0.3 is 16.1 Å². The van der Waals surface area contributed by atoms with Crippen molar-refractivity contribution >= 4 is 41.5 Å². The summed E-state index contributed by atoms with van der Waals surface area (Å²) in [6.45, 7) is 3.34. The van der Waals surface area contributed by atoms with Crippen LogP contribution in [0.1, 0.15) is 0 Å². The molecule has 94 valence electrons. The third kappa shape index (κ3) is 4.54. The van der Waals surface area contributed by atoms with Gasteiger partial charge in [0.15, 0.2) is 5.11 Å². The second kappa shape index (κ2) is 6.75. The number of thiocarbonyl (C=S) groups is 1. The SMILES string of the molecule is C=CC(=O)Nc1ccc(B(O)ONC(N)=S)cc1. The molecule has 0 aliphatic heterocycles. The Balaban J connectivity index is 2.61. The summed E-state index contributed by atoms with van der Waals surface area (Å²) >= 11 is 4.52. The molecule has 5 N–H and O–H groups in total. The Morgan fingerprint density at radius 2 is 2.11 bits per heavy atom. The summed E-state index contributed by atoms with van der Waals surface area (Å²) in [7, 11) is -1.21. The molecular formula is C10H12BN3O3S. The summed E-state index contributed by atoms with van der Waals surface area (Å²) in [5.74, 6) is -0.310. The zero-order valence-corrected chi connectivity index (χ0v) is 10.2. The molecular weight excluding hydrogens is 253 g/mol. The average Bonchev–Trinajstić information content (AvgIpc) is 2.36. The lowest BCUT2D eigenvalue weighted by Crippen LogP contribution is -2.42. The maximum Gasteiger partial charge on any atom is 0.514 e. The zero-order chi connectivity index (χ0) is 13.5. The van der Waals surface area contributed by atoms with Gasteiger partial charge in [-0.25, -0.2) is 0 Å². The molecule has 0 radical (unpaired) electrons. The molecule has 18 heavy (non-hydrogen) atoms. The monoisotopic (exact) mass is 265 g/mol. The molecule has 6 nitrogen and oxygen atoms in total. The van der Waals surface area contributed by atoms with Crippen LogP contribution in [-0.2, 0) is 9.55 Å². The molecule has 0 aliphatic rings. The highest BCUT2D eigenvalue weighted by Gasteiger charge is 2.17. The van der Waals surface area contributed by atoms with Crippen LogP contribution in [0.25, 0.3) is 0 Å². The fourth-order valence-corrected chi connectivity index (χ4v) is 1.15. The van der Waals surface area contributed by atoms with Crippen LogP contribution in [0.5, 0.6) is 0 Å². The molecule has 8 heteroatoms. The van der Waals surface area contributed by atoms with E-state index in [9.17, 15) is 9.82 Å². The molecule has 0 atom stereocenters. The Hall–Kier alpha value is -1.90. The van der Waals surface area contributed by atoms with Crippen LogP contribution in [0, 0.1) is 0 Å². The fraction of sp³-hybridized carbons (Fsp3) is 0. The van der Waals surface area contributed by atoms with Crippen molar-refractivity contribution in [3.8, 4) is 0 Å². The van der Waals surface area contributed by atoms with Gasteiger partial charge in [-0.15, -0.1) is 0 Å². The lowest BCUT2D eigenvalue weighted by atomic mass is 9.80. The maximum atomic E-state index is 11.0. The van der Waals surface area contributed by atoms with E-state index < -0.39 is 7.12 Å². The number of carbonyl (C=O) groups is 1. The molecule has 1 aromatic rings. The number of benzene rings is 1. The average molecular weight is 265 g/mol. The Morgan fingerprint density at radius 1 is 1.50 bits per heavy atom. The molecule has 0 unspecified atom stereocenters. The number of anilines is 1. The van der Waals surface area contributed by atoms with Crippen LogP contribution in [0.2, 0.25) is 0 Å². The van der Waals surface area contributed by atoms with E-state index in [1.54, 1.807) is 24.3 Å². The minimum absolute atomic E-state index is 0.0797. The van der Waals surface area contributed by atoms with Gasteiger partial charge in [0.05, 0.1) is 0 Å². The molecule has 0 heterocycles. The van der Waals surface area contributed by atoms with Gasteiger partial charge in [0.2, 0.25) is 5.91 Å². The number of rotatable bonds is 5. The molecule has 0 saturated heterocycles. The van der Waals surface area contributed by atoms with Gasteiger partial charge in [-0.3, -0.25) is 15.0 Å². The fourth-order valence-electron chi connectivity index (χ4n) is 1.11. The van der Waals surface area contributed by atoms with Gasteiger partial charge in [0.25, 0.3) is 0 Å². The topological polar surface area (TPSA) is 96.6 Å². The first kappa shape index (κ1) is 14.2. The van der Waals surface area contributed by atoms with Crippen LogP contribution in [0.4, 0.5) is 5.69 Å². The first-order chi connectivity index (χ1) is 8.52. The van der Waals surface area contributed by atoms with Crippen molar-refractivity contribution in [1.29, 1.82) is 0 Å². The minimum atomic E-state index is -1.21. The molecule has 0 spiro atoms. The molecule has 0 aromatic heterocycles. The van der Waals surface area contributed by atoms with Crippen molar-refractivity contribution in [2.75, 3.05) is 5.32 Å². The van der Waals surface area contributed by atoms with E-state index in [0.717, 1.165) is 6.08 Å². The number of amides is 1. The summed E-state index contributed by atoms with van der Waals surface area (Å²) in [6, 6.07) is 6.41. The third-order valence-electron chi connectivity index (χ3n) is 1.92. The van der Waals surface area contributed by atoms with Crippen LogP contribution in [-0.4, -0.2) is 23.2 Å². The predicted octanol–water partition coefficient (Wildman–Crippen LogP) is -0.737. The smallest absolute Gasteiger partial charge is 0.422 e. The van der Waals surface area contributed by atoms with Crippen molar-refractivity contribution in [2.45, 2.75) is 0 Å². The van der Waals surface area contributed by atoms with E-state index in [-0.39, 0.29) is 11.0 Å². The molecule has 0 aliphatic carbocycles. The molecule has 1 rings (SSSR count). The van der Waals surface area contributed by atoms with Gasteiger partial charge in [-0.05, 0) is 35.9 Å². The van der Waals surface area contributed by atoms with E-state index in [2.05, 4.69) is 29.6 Å². The third-order valence-corrected chi connectivity index (χ3v) is 2.00. The number of hydroxylamine groups is 1. The molecule has 1 amide bonds. The predicted molar refractivity (Wildman–Crippen MR) is 73.9 cm³/mol. The lowest BCUT2D eigenvalue weighted by Gasteiger charge is -2.09. The largest absolute Gasteiger partial charge is 0.514 e. The van der Waals surface area contributed by atoms with Crippen molar-refractivity contribution in [3.63, 3.8) is 0 Å². The summed E-state index contributed by atoms with van der Waals surface area (Å²) < 4.78 is 4.77. The van der Waals surface area contributed by atoms with Gasteiger partial charge >= 0.3 is 7.12 Å². The molecule has 0 fully saturated rings. The summed E-state index contributed by atoms with van der Waals surface area (Å²) in [5.41, 5.74) is 8.38. The van der Waals surface area contributed by atoms with E-state index in [0.29, 0.717) is 11.2 Å². The summed E-state index contributed by atoms with van der Waals surface area (Å²) in [5, 5.41) is 12.1. The maximum absolute atomic E-state index is 11.0. The summed E-state index contributed by atoms with van der Waals surface area (Å²) in [4.78, 5) is 11.0. The van der Waals surface area contributed by atoms with E-state index in [4.69, 9.17) is 10.5 Å². The standard InChI is InChI=1S/C10H12BN3O3S/c1-2-9(15)13-8-5-3-7(4-6-8)11(16)17-14-10(12)18/h2-6,16H,1H2,(H,13,15)(H3,12,14,18). The van der Waals surface area contributed by atoms with Gasteiger partial charge in [-0.1, -0.05) is 18.7 Å². The number of hydrogen-bond acceptors (Lipinski definition) is 4. The van der Waals surface area contributed by atoms with Crippen molar-refractivity contribution in [1.82, 2.24) is 5.48 Å². The van der Waals surface area contributed by atoms with E-state index in [1.807, 2.05) is 0 Å². The van der Waals surface area contributed by atoms with Gasteiger partial charge in [0.1, 0.15) is 0 Å². The first-order valence-corrected chi connectivity index (χ1v) is 5.36. The van der Waals surface area contributed by atoms with E-state index >= 15 is 0 Å². The number of carbonyl (C=O) groups excluding carboxylic acids is 1. The normalized spacial score (nSPS) is 9.39. The number of nitrogens with two attached hydrogens (primary N) is 1. The van der Waals surface area contributed by atoms with Gasteiger partial charge in [-0.2, -0.15) is 0 Å². The second-order valence-electron chi connectivity index (χ2n) is 3.25. The number of nitrogens with one attached hydrogen (secondary N) is 2. The van der Waals surface area contributed by atoms with Crippen LogP contribution in [0.3, 0.4) is 0 Å². The second-order valence-corrected chi connectivity index (χ2v) is 3.69. The molecule has 0 bridgehead atoms. The van der Waals surface area contributed by atoms with Crippen molar-refractivity contribution < 1.29 is 14.6 Å². The lowest BCUT2D eigenvalue weighted by molar-refractivity contribution is -0.111. The van der Waals surface area contributed by atoms with Crippen LogP contribution in [0.15, 0.2) is 36.9 Å². The Labute approximate surface area is 110 Å². The van der Waals surface area contributed by atoms with Crippen molar-refractivity contribution in [3.05, 3.63) is 36.9 Å². The highest BCUT2D eigenvalue weighted by atomic mass is 32.1. The molecule has 1 aromatic carbocycles. The van der Waals surface area contributed by atoms with Crippen LogP contribution >= 0.6 is 12.2 Å².